The SMILES string of the molecule is N#Cc1cccc(-c2cc3c4cc5c(cc4c(-c4cccc(C#N)c4)cc3c3ccccc23)-c2ccc(-c3ccccn3)c3cccc-5c23)c1. The molecule has 1 heterocycles. The Labute approximate surface area is 288 Å². The maximum atomic E-state index is 9.85. The third-order valence-corrected chi connectivity index (χ3v) is 10.3. The quantitative estimate of drug-likeness (QED) is 0.182. The minimum absolute atomic E-state index is 0.633. The molecule has 0 amide bonds. The number of nitrogens with zero attached hydrogens (tertiary/aromatic N) is 3. The maximum Gasteiger partial charge on any atom is 0.0991 e. The second kappa shape index (κ2) is 10.7. The molecule has 1 aliphatic carbocycles. The van der Waals surface area contributed by atoms with Crippen LogP contribution in [0.4, 0.5) is 0 Å². The molecule has 0 atom stereocenters. The first-order chi connectivity index (χ1) is 24.7. The van der Waals surface area contributed by atoms with Gasteiger partial charge in [-0.2, -0.15) is 10.5 Å². The van der Waals surface area contributed by atoms with E-state index < -0.39 is 0 Å². The van der Waals surface area contributed by atoms with Crippen LogP contribution in [0, 0.1) is 22.7 Å². The summed E-state index contributed by atoms with van der Waals surface area (Å²) in [6.45, 7) is 0. The lowest BCUT2D eigenvalue weighted by Crippen LogP contribution is -1.91. The summed E-state index contributed by atoms with van der Waals surface area (Å²) >= 11 is 0. The lowest BCUT2D eigenvalue weighted by atomic mass is 9.85. The van der Waals surface area contributed by atoms with E-state index in [1.165, 1.54) is 33.0 Å². The van der Waals surface area contributed by atoms with Crippen molar-refractivity contribution in [1.29, 1.82) is 10.5 Å². The molecule has 0 aliphatic heterocycles. The van der Waals surface area contributed by atoms with E-state index in [4.69, 9.17) is 4.98 Å². The number of fused-ring (bicyclic) bond motifs is 8. The summed E-state index contributed by atoms with van der Waals surface area (Å²) in [4.78, 5) is 4.69. The second-order valence-corrected chi connectivity index (χ2v) is 12.9. The van der Waals surface area contributed by atoms with E-state index in [9.17, 15) is 10.5 Å². The summed E-state index contributed by atoms with van der Waals surface area (Å²) in [5, 5.41) is 28.9. The fourth-order valence-electron chi connectivity index (χ4n) is 8.08. The normalized spacial score (nSPS) is 11.6. The Balaban J connectivity index is 1.34. The van der Waals surface area contributed by atoms with Gasteiger partial charge in [-0.3, -0.25) is 4.98 Å². The number of benzene rings is 8. The molecule has 9 aromatic rings. The topological polar surface area (TPSA) is 60.5 Å². The molecular formula is C47H25N3. The molecule has 1 aromatic heterocycles. The van der Waals surface area contributed by atoms with Crippen molar-refractivity contribution >= 4 is 43.1 Å². The zero-order chi connectivity index (χ0) is 33.3. The van der Waals surface area contributed by atoms with Crippen LogP contribution in [0.2, 0.25) is 0 Å². The van der Waals surface area contributed by atoms with Crippen molar-refractivity contribution in [2.45, 2.75) is 0 Å². The zero-order valence-electron chi connectivity index (χ0n) is 26.8. The number of rotatable bonds is 3. The van der Waals surface area contributed by atoms with Crippen molar-refractivity contribution in [3.8, 4) is 67.9 Å². The molecule has 228 valence electrons. The maximum absolute atomic E-state index is 9.85. The molecule has 0 bridgehead atoms. The van der Waals surface area contributed by atoms with Crippen molar-refractivity contribution in [2.24, 2.45) is 0 Å². The minimum Gasteiger partial charge on any atom is -0.256 e. The van der Waals surface area contributed by atoms with Gasteiger partial charge in [-0.15, -0.1) is 0 Å². The van der Waals surface area contributed by atoms with E-state index in [1.807, 2.05) is 54.7 Å². The molecule has 0 radical (unpaired) electrons. The van der Waals surface area contributed by atoms with Gasteiger partial charge in [0.05, 0.1) is 29.0 Å². The van der Waals surface area contributed by atoms with Gasteiger partial charge in [0.2, 0.25) is 0 Å². The number of nitriles is 2. The van der Waals surface area contributed by atoms with Crippen LogP contribution in [-0.4, -0.2) is 4.98 Å². The zero-order valence-corrected chi connectivity index (χ0v) is 26.8. The van der Waals surface area contributed by atoms with Crippen molar-refractivity contribution in [1.82, 2.24) is 4.98 Å². The van der Waals surface area contributed by atoms with Gasteiger partial charge in [0, 0.05) is 11.8 Å². The van der Waals surface area contributed by atoms with E-state index in [-0.39, 0.29) is 0 Å². The van der Waals surface area contributed by atoms with Crippen LogP contribution in [0.15, 0.2) is 152 Å². The molecule has 0 saturated heterocycles. The molecule has 10 rings (SSSR count). The van der Waals surface area contributed by atoms with E-state index in [0.29, 0.717) is 11.1 Å². The van der Waals surface area contributed by atoms with Gasteiger partial charge in [0.25, 0.3) is 0 Å². The average Bonchev–Trinajstić information content (AvgIpc) is 3.50. The summed E-state index contributed by atoms with van der Waals surface area (Å²) in [7, 11) is 0. The summed E-state index contributed by atoms with van der Waals surface area (Å²) in [6.07, 6.45) is 1.85. The van der Waals surface area contributed by atoms with Crippen molar-refractivity contribution < 1.29 is 0 Å². The molecule has 8 aromatic carbocycles. The number of hydrogen-bond donors (Lipinski definition) is 0. The molecular weight excluding hydrogens is 607 g/mol. The van der Waals surface area contributed by atoms with Crippen molar-refractivity contribution in [2.75, 3.05) is 0 Å². The van der Waals surface area contributed by atoms with Crippen molar-refractivity contribution in [3.05, 3.63) is 163 Å². The number of hydrogen-bond acceptors (Lipinski definition) is 3. The number of aromatic nitrogens is 1. The van der Waals surface area contributed by atoms with E-state index >= 15 is 0 Å². The Morgan fingerprint density at radius 3 is 1.60 bits per heavy atom. The predicted molar refractivity (Wildman–Crippen MR) is 204 cm³/mol. The lowest BCUT2D eigenvalue weighted by Gasteiger charge is -2.18. The molecule has 1 aliphatic rings. The Kier molecular flexibility index (Phi) is 6.00. The fourth-order valence-corrected chi connectivity index (χ4v) is 8.08. The van der Waals surface area contributed by atoms with Gasteiger partial charge in [-0.05, 0) is 148 Å². The molecule has 0 saturated carbocycles. The van der Waals surface area contributed by atoms with Gasteiger partial charge in [0.15, 0.2) is 0 Å². The first-order valence-corrected chi connectivity index (χ1v) is 16.7. The monoisotopic (exact) mass is 631 g/mol. The molecule has 0 spiro atoms. The Morgan fingerprint density at radius 1 is 0.360 bits per heavy atom. The van der Waals surface area contributed by atoms with Crippen molar-refractivity contribution in [3.63, 3.8) is 0 Å². The van der Waals surface area contributed by atoms with Crippen LogP contribution in [0.5, 0.6) is 0 Å². The first-order valence-electron chi connectivity index (χ1n) is 16.7. The number of pyridine rings is 1. The molecule has 0 unspecified atom stereocenters. The van der Waals surface area contributed by atoms with Crippen LogP contribution in [0.1, 0.15) is 11.1 Å². The summed E-state index contributed by atoms with van der Waals surface area (Å²) in [5.41, 5.74) is 12.4. The van der Waals surface area contributed by atoms with Crippen LogP contribution < -0.4 is 0 Å². The van der Waals surface area contributed by atoms with Gasteiger partial charge < -0.3 is 0 Å². The largest absolute Gasteiger partial charge is 0.256 e. The van der Waals surface area contributed by atoms with Gasteiger partial charge >= 0.3 is 0 Å². The highest BCUT2D eigenvalue weighted by molar-refractivity contribution is 6.27. The summed E-state index contributed by atoms with van der Waals surface area (Å²) < 4.78 is 0. The molecule has 50 heavy (non-hydrogen) atoms. The Morgan fingerprint density at radius 2 is 0.900 bits per heavy atom. The van der Waals surface area contributed by atoms with E-state index in [1.54, 1.807) is 0 Å². The third kappa shape index (κ3) is 4.05. The first kappa shape index (κ1) is 28.0. The van der Waals surface area contributed by atoms with Crippen LogP contribution in [-0.2, 0) is 0 Å². The predicted octanol–water partition coefficient (Wildman–Crippen LogP) is 12.1. The Bertz CT molecular complexity index is 3000. The lowest BCUT2D eigenvalue weighted by molar-refractivity contribution is 1.33. The van der Waals surface area contributed by atoms with Gasteiger partial charge in [0.1, 0.15) is 0 Å². The highest BCUT2D eigenvalue weighted by Crippen LogP contribution is 2.52. The highest BCUT2D eigenvalue weighted by Gasteiger charge is 2.25. The summed E-state index contributed by atoms with van der Waals surface area (Å²) in [5.74, 6) is 0. The van der Waals surface area contributed by atoms with Crippen LogP contribution in [0.3, 0.4) is 0 Å². The Hall–Kier alpha value is -7.07. The second-order valence-electron chi connectivity index (χ2n) is 12.9. The average molecular weight is 632 g/mol. The van der Waals surface area contributed by atoms with E-state index in [0.717, 1.165) is 65.8 Å². The third-order valence-electron chi connectivity index (χ3n) is 10.3. The standard InChI is InChI=1S/C47H25N3/c48-26-28-8-5-10-30(20-28)38-22-44-40(33-13-2-1-12-32(33)38)23-39(31-11-6-9-29(21-31)27-49)43-24-42-37-18-17-34(46-16-3-4-19-50-46)35-14-7-15-36(47(35)37)41(42)25-45(43)44/h1-25H. The van der Waals surface area contributed by atoms with Crippen LogP contribution in [0.25, 0.3) is 98.9 Å². The van der Waals surface area contributed by atoms with Crippen LogP contribution >= 0.6 is 0 Å². The molecule has 0 N–H and O–H groups in total. The van der Waals surface area contributed by atoms with Gasteiger partial charge in [-0.1, -0.05) is 84.9 Å². The smallest absolute Gasteiger partial charge is 0.0991 e. The highest BCUT2D eigenvalue weighted by atomic mass is 14.7. The fraction of sp³-hybridized carbons (Fsp3) is 0. The molecule has 3 heteroatoms. The summed E-state index contributed by atoms with van der Waals surface area (Å²) in [6, 6.07) is 55.5. The van der Waals surface area contributed by atoms with E-state index in [2.05, 4.69) is 109 Å². The molecule has 0 fully saturated rings. The minimum atomic E-state index is 0.633. The molecule has 3 nitrogen and oxygen atoms in total. The van der Waals surface area contributed by atoms with Gasteiger partial charge in [-0.25, -0.2) is 0 Å².